The number of rotatable bonds is 5. The van der Waals surface area contributed by atoms with E-state index in [1.54, 1.807) is 18.7 Å². The van der Waals surface area contributed by atoms with Crippen molar-refractivity contribution in [2.45, 2.75) is 39.7 Å². The highest BCUT2D eigenvalue weighted by atomic mass is 35.5. The van der Waals surface area contributed by atoms with Crippen LogP contribution in [0.4, 0.5) is 5.69 Å². The number of ether oxygens (including phenoxy) is 1. The molecule has 0 N–H and O–H groups in total. The number of methoxy groups -OCH3 is 1. The van der Waals surface area contributed by atoms with Crippen LogP contribution in [0.25, 0.3) is 0 Å². The first-order chi connectivity index (χ1) is 16.5. The number of nitro benzene ring substituents is 1. The molecule has 0 saturated carbocycles. The third-order valence-corrected chi connectivity index (χ3v) is 6.07. The Hall–Kier alpha value is -3.60. The zero-order valence-corrected chi connectivity index (χ0v) is 20.8. The first-order valence-corrected chi connectivity index (χ1v) is 11.3. The quantitative estimate of drug-likeness (QED) is 0.344. The summed E-state index contributed by atoms with van der Waals surface area (Å²) in [6.07, 6.45) is 0. The number of aryl methyl sites for hydroxylation is 1. The van der Waals surface area contributed by atoms with Gasteiger partial charge >= 0.3 is 5.97 Å². The van der Waals surface area contributed by atoms with Gasteiger partial charge in [-0.2, -0.15) is 0 Å². The van der Waals surface area contributed by atoms with Crippen LogP contribution in [0.15, 0.2) is 18.2 Å². The molecule has 3 rings (SSSR count). The van der Waals surface area contributed by atoms with Gasteiger partial charge < -0.3 is 14.5 Å². The van der Waals surface area contributed by atoms with E-state index in [0.29, 0.717) is 11.5 Å². The molecule has 1 atom stereocenters. The molecule has 1 aromatic carbocycles. The highest BCUT2D eigenvalue weighted by Crippen LogP contribution is 2.26. The summed E-state index contributed by atoms with van der Waals surface area (Å²) in [5, 5.41) is 10.9. The van der Waals surface area contributed by atoms with E-state index in [9.17, 15) is 24.5 Å². The Morgan fingerprint density at radius 1 is 1.20 bits per heavy atom. The van der Waals surface area contributed by atoms with Gasteiger partial charge in [-0.15, -0.1) is 0 Å². The van der Waals surface area contributed by atoms with Crippen LogP contribution < -0.4 is 0 Å². The van der Waals surface area contributed by atoms with E-state index in [0.717, 1.165) is 6.07 Å². The molecule has 35 heavy (non-hydrogen) atoms. The summed E-state index contributed by atoms with van der Waals surface area (Å²) >= 11 is 6.14. The molecule has 0 bridgehead atoms. The maximum Gasteiger partial charge on any atom is 0.342 e. The zero-order valence-electron chi connectivity index (χ0n) is 20.1. The summed E-state index contributed by atoms with van der Waals surface area (Å²) in [6, 6.07) is 3.30. The molecule has 1 saturated heterocycles. The molecule has 0 aliphatic carbocycles. The number of carbonyl (C=O) groups excluding carboxylic acids is 3. The first kappa shape index (κ1) is 26.0. The molecule has 2 heterocycles. The monoisotopic (exact) mass is 503 g/mol. The van der Waals surface area contributed by atoms with Crippen molar-refractivity contribution in [2.75, 3.05) is 26.7 Å². The number of piperazine rings is 1. The molecule has 0 spiro atoms. The molecule has 186 valence electrons. The third kappa shape index (κ3) is 5.24. The van der Waals surface area contributed by atoms with E-state index in [1.165, 1.54) is 24.1 Å². The second-order valence-corrected chi connectivity index (χ2v) is 8.95. The predicted molar refractivity (Wildman–Crippen MR) is 127 cm³/mol. The molecule has 1 unspecified atom stereocenters. The summed E-state index contributed by atoms with van der Waals surface area (Å²) in [5.74, 6) is -1.31. The number of carbonyl (C=O) groups is 3. The third-order valence-electron chi connectivity index (χ3n) is 5.76. The number of hydrogen-bond donors (Lipinski definition) is 0. The van der Waals surface area contributed by atoms with Gasteiger partial charge in [-0.1, -0.05) is 25.4 Å². The molecule has 1 fully saturated rings. The Labute approximate surface area is 207 Å². The summed E-state index contributed by atoms with van der Waals surface area (Å²) in [7, 11) is 1.23. The van der Waals surface area contributed by atoms with Gasteiger partial charge in [0.15, 0.2) is 0 Å². The Morgan fingerprint density at radius 2 is 1.89 bits per heavy atom. The molecule has 11 nitrogen and oxygen atoms in total. The van der Waals surface area contributed by atoms with Gasteiger partial charge in [-0.25, -0.2) is 14.8 Å². The molecule has 2 amide bonds. The van der Waals surface area contributed by atoms with E-state index in [2.05, 4.69) is 9.97 Å². The maximum atomic E-state index is 13.5. The van der Waals surface area contributed by atoms with Gasteiger partial charge in [-0.3, -0.25) is 19.7 Å². The van der Waals surface area contributed by atoms with Gasteiger partial charge in [0.1, 0.15) is 17.1 Å². The van der Waals surface area contributed by atoms with Gasteiger partial charge in [0, 0.05) is 37.8 Å². The number of hydrogen-bond acceptors (Lipinski definition) is 8. The van der Waals surface area contributed by atoms with Crippen LogP contribution >= 0.6 is 11.6 Å². The number of nitrogens with zero attached hydrogens (tertiary/aromatic N) is 5. The van der Waals surface area contributed by atoms with Gasteiger partial charge in [0.25, 0.3) is 17.5 Å². The van der Waals surface area contributed by atoms with Crippen molar-refractivity contribution in [3.63, 3.8) is 0 Å². The number of esters is 1. The predicted octanol–water partition coefficient (Wildman–Crippen LogP) is 3.24. The summed E-state index contributed by atoms with van der Waals surface area (Å²) in [4.78, 5) is 61.1. The minimum Gasteiger partial charge on any atom is -0.465 e. The highest BCUT2D eigenvalue weighted by molar-refractivity contribution is 6.34. The van der Waals surface area contributed by atoms with E-state index in [4.69, 9.17) is 16.3 Å². The van der Waals surface area contributed by atoms with E-state index in [-0.39, 0.29) is 65.0 Å². The smallest absolute Gasteiger partial charge is 0.342 e. The summed E-state index contributed by atoms with van der Waals surface area (Å²) in [5.41, 5.74) is 0.380. The molecule has 1 aliphatic rings. The number of benzene rings is 1. The lowest BCUT2D eigenvalue weighted by molar-refractivity contribution is -0.384. The number of nitro groups is 1. The zero-order chi connectivity index (χ0) is 26.0. The van der Waals surface area contributed by atoms with Crippen LogP contribution in [-0.2, 0) is 4.74 Å². The number of aromatic nitrogens is 2. The van der Waals surface area contributed by atoms with Crippen molar-refractivity contribution in [3.8, 4) is 0 Å². The fraction of sp³-hybridized carbons (Fsp3) is 0.435. The van der Waals surface area contributed by atoms with Crippen LogP contribution in [0.5, 0.6) is 0 Å². The minimum absolute atomic E-state index is 0.0182. The minimum atomic E-state index is -0.688. The van der Waals surface area contributed by atoms with Crippen molar-refractivity contribution >= 4 is 35.1 Å². The van der Waals surface area contributed by atoms with Crippen molar-refractivity contribution in [2.24, 2.45) is 0 Å². The Kier molecular flexibility index (Phi) is 7.69. The Morgan fingerprint density at radius 3 is 2.43 bits per heavy atom. The van der Waals surface area contributed by atoms with Crippen molar-refractivity contribution in [3.05, 3.63) is 61.7 Å². The number of halogens is 1. The van der Waals surface area contributed by atoms with E-state index >= 15 is 0 Å². The van der Waals surface area contributed by atoms with Crippen LogP contribution in [0.3, 0.4) is 0 Å². The summed E-state index contributed by atoms with van der Waals surface area (Å²) < 4.78 is 4.90. The molecule has 12 heteroatoms. The molecule has 1 aliphatic heterocycles. The Bertz CT molecular complexity index is 1200. The average molecular weight is 504 g/mol. The Balaban J connectivity index is 1.85. The van der Waals surface area contributed by atoms with Crippen LogP contribution in [0.1, 0.15) is 69.4 Å². The molecule has 1 aromatic heterocycles. The SMILES string of the molecule is COC(=O)c1c(C(=O)N2CCN(C(=O)c3ccc([N+](=O)[O-])cc3Cl)C(C)C2)nc(C)nc1C(C)C. The second-order valence-electron chi connectivity index (χ2n) is 8.55. The maximum absolute atomic E-state index is 13.5. The lowest BCUT2D eigenvalue weighted by atomic mass is 10.0. The average Bonchev–Trinajstić information content (AvgIpc) is 2.81. The van der Waals surface area contributed by atoms with Crippen LogP contribution in [-0.4, -0.2) is 75.3 Å². The van der Waals surface area contributed by atoms with Crippen LogP contribution in [0, 0.1) is 17.0 Å². The van der Waals surface area contributed by atoms with Crippen molar-refractivity contribution in [1.82, 2.24) is 19.8 Å². The van der Waals surface area contributed by atoms with Gasteiger partial charge in [-0.05, 0) is 25.8 Å². The number of non-ortho nitro benzene ring substituents is 1. The molecule has 0 radical (unpaired) electrons. The fourth-order valence-corrected chi connectivity index (χ4v) is 4.26. The van der Waals surface area contributed by atoms with E-state index < -0.39 is 16.8 Å². The van der Waals surface area contributed by atoms with Crippen LogP contribution in [0.2, 0.25) is 5.02 Å². The normalized spacial score (nSPS) is 15.8. The molecular weight excluding hydrogens is 478 g/mol. The fourth-order valence-electron chi connectivity index (χ4n) is 4.01. The topological polar surface area (TPSA) is 136 Å². The highest BCUT2D eigenvalue weighted by Gasteiger charge is 2.35. The second kappa shape index (κ2) is 10.3. The van der Waals surface area contributed by atoms with Gasteiger partial charge in [0.2, 0.25) is 0 Å². The number of amides is 2. The largest absolute Gasteiger partial charge is 0.465 e. The van der Waals surface area contributed by atoms with Crippen molar-refractivity contribution in [1.29, 1.82) is 0 Å². The molecule has 2 aromatic rings. The summed E-state index contributed by atoms with van der Waals surface area (Å²) in [6.45, 7) is 7.74. The lowest BCUT2D eigenvalue weighted by Gasteiger charge is -2.40. The van der Waals surface area contributed by atoms with E-state index in [1.807, 2.05) is 13.8 Å². The van der Waals surface area contributed by atoms with Crippen molar-refractivity contribution < 1.29 is 24.0 Å². The standard InChI is InChI=1S/C23H26ClN5O6/c1-12(2)19-18(23(32)35-5)20(26-14(4)25-19)22(31)27-8-9-28(13(3)11-27)21(30)16-7-6-15(29(33)34)10-17(16)24/h6-7,10,12-13H,8-9,11H2,1-5H3. The lowest BCUT2D eigenvalue weighted by Crippen LogP contribution is -2.55. The molecular formula is C23H26ClN5O6. The van der Waals surface area contributed by atoms with Gasteiger partial charge in [0.05, 0.1) is 28.3 Å². The first-order valence-electron chi connectivity index (χ1n) is 11.0.